The standard InChI is InChI=1S/C22H16F4N4/c1-2-30-11-16(12-7-8-28-19(27)9-12)22(29-30)20-18(25)6-4-14(21(20)26)15-10-13(23)3-5-17(15)24/h3-11H,2H2,1H3,(H2,27,28). The summed E-state index contributed by atoms with van der Waals surface area (Å²) < 4.78 is 59.7. The van der Waals surface area contributed by atoms with E-state index in [9.17, 15) is 13.2 Å². The summed E-state index contributed by atoms with van der Waals surface area (Å²) in [7, 11) is 0. The zero-order valence-corrected chi connectivity index (χ0v) is 15.8. The van der Waals surface area contributed by atoms with Crippen molar-refractivity contribution in [1.29, 1.82) is 0 Å². The van der Waals surface area contributed by atoms with E-state index in [1.54, 1.807) is 18.3 Å². The summed E-state index contributed by atoms with van der Waals surface area (Å²) in [5, 5.41) is 4.31. The van der Waals surface area contributed by atoms with E-state index in [1.807, 2.05) is 6.92 Å². The third kappa shape index (κ3) is 3.41. The Bertz CT molecular complexity index is 1250. The average molecular weight is 412 g/mol. The van der Waals surface area contributed by atoms with Gasteiger partial charge in [0.2, 0.25) is 0 Å². The van der Waals surface area contributed by atoms with E-state index in [4.69, 9.17) is 5.73 Å². The van der Waals surface area contributed by atoms with Crippen LogP contribution in [0.3, 0.4) is 0 Å². The smallest absolute Gasteiger partial charge is 0.143 e. The van der Waals surface area contributed by atoms with Crippen LogP contribution in [0.4, 0.5) is 23.4 Å². The molecule has 30 heavy (non-hydrogen) atoms. The maximum atomic E-state index is 15.5. The molecule has 2 N–H and O–H groups in total. The topological polar surface area (TPSA) is 56.7 Å². The molecule has 4 rings (SSSR count). The van der Waals surface area contributed by atoms with Crippen LogP contribution in [0.15, 0.2) is 54.9 Å². The maximum absolute atomic E-state index is 15.5. The zero-order chi connectivity index (χ0) is 21.4. The van der Waals surface area contributed by atoms with E-state index in [-0.39, 0.29) is 22.6 Å². The summed E-state index contributed by atoms with van der Waals surface area (Å²) in [5.74, 6) is -3.24. The molecule has 0 spiro atoms. The number of rotatable bonds is 4. The Hall–Kier alpha value is -3.68. The molecule has 0 amide bonds. The van der Waals surface area contributed by atoms with Gasteiger partial charge in [-0.3, -0.25) is 4.68 Å². The Morgan fingerprint density at radius 1 is 0.900 bits per heavy atom. The Kier molecular flexibility index (Phi) is 4.99. The predicted molar refractivity (Wildman–Crippen MR) is 106 cm³/mol. The number of pyridine rings is 1. The number of nitrogens with two attached hydrogens (primary N) is 1. The fourth-order valence-corrected chi connectivity index (χ4v) is 3.28. The van der Waals surface area contributed by atoms with Crippen molar-refractivity contribution in [3.63, 3.8) is 0 Å². The van der Waals surface area contributed by atoms with Gasteiger partial charge in [-0.05, 0) is 55.0 Å². The van der Waals surface area contributed by atoms with Crippen LogP contribution in [0.1, 0.15) is 6.92 Å². The lowest BCUT2D eigenvalue weighted by Gasteiger charge is -2.11. The highest BCUT2D eigenvalue weighted by Crippen LogP contribution is 2.38. The first-order valence-corrected chi connectivity index (χ1v) is 9.12. The highest BCUT2D eigenvalue weighted by molar-refractivity contribution is 5.84. The van der Waals surface area contributed by atoms with Gasteiger partial charge in [-0.2, -0.15) is 5.10 Å². The van der Waals surface area contributed by atoms with Gasteiger partial charge in [-0.25, -0.2) is 22.5 Å². The number of anilines is 1. The number of benzene rings is 2. The lowest BCUT2D eigenvalue weighted by molar-refractivity contribution is 0.582. The first kappa shape index (κ1) is 19.6. The van der Waals surface area contributed by atoms with Crippen molar-refractivity contribution < 1.29 is 17.6 Å². The second kappa shape index (κ2) is 7.62. The SMILES string of the molecule is CCn1cc(-c2ccnc(N)c2)c(-c2c(F)ccc(-c3cc(F)ccc3F)c2F)n1. The van der Waals surface area contributed by atoms with Crippen LogP contribution in [0.2, 0.25) is 0 Å². The molecule has 2 aromatic carbocycles. The van der Waals surface area contributed by atoms with Crippen molar-refractivity contribution in [1.82, 2.24) is 14.8 Å². The van der Waals surface area contributed by atoms with Gasteiger partial charge in [0.05, 0.1) is 5.56 Å². The Morgan fingerprint density at radius 2 is 1.67 bits per heavy atom. The van der Waals surface area contributed by atoms with E-state index in [0.29, 0.717) is 17.7 Å². The molecule has 2 aromatic heterocycles. The second-order valence-electron chi connectivity index (χ2n) is 6.62. The first-order valence-electron chi connectivity index (χ1n) is 9.12. The molecule has 0 radical (unpaired) electrons. The van der Waals surface area contributed by atoms with Crippen LogP contribution in [0, 0.1) is 23.3 Å². The number of hydrogen-bond donors (Lipinski definition) is 1. The van der Waals surface area contributed by atoms with Gasteiger partial charge in [0, 0.05) is 35.6 Å². The summed E-state index contributed by atoms with van der Waals surface area (Å²) in [5.41, 5.74) is 5.76. The van der Waals surface area contributed by atoms with Crippen molar-refractivity contribution >= 4 is 5.82 Å². The van der Waals surface area contributed by atoms with Crippen LogP contribution in [0.5, 0.6) is 0 Å². The largest absolute Gasteiger partial charge is 0.384 e. The third-order valence-electron chi connectivity index (χ3n) is 4.72. The normalized spacial score (nSPS) is 11.1. The molecular formula is C22H16F4N4. The number of hydrogen-bond acceptors (Lipinski definition) is 3. The number of aromatic nitrogens is 3. The monoisotopic (exact) mass is 412 g/mol. The molecular weight excluding hydrogens is 396 g/mol. The molecule has 0 atom stereocenters. The van der Waals surface area contributed by atoms with Crippen LogP contribution in [0.25, 0.3) is 33.5 Å². The summed E-state index contributed by atoms with van der Waals surface area (Å²) in [6, 6.07) is 7.97. The fourth-order valence-electron chi connectivity index (χ4n) is 3.28. The van der Waals surface area contributed by atoms with Crippen molar-refractivity contribution in [3.05, 3.63) is 78.1 Å². The van der Waals surface area contributed by atoms with Gasteiger partial charge in [-0.15, -0.1) is 0 Å². The molecule has 0 unspecified atom stereocenters. The molecule has 0 aliphatic carbocycles. The molecule has 0 aliphatic heterocycles. The molecule has 8 heteroatoms. The van der Waals surface area contributed by atoms with Gasteiger partial charge in [-0.1, -0.05) is 0 Å². The Morgan fingerprint density at radius 3 is 2.40 bits per heavy atom. The van der Waals surface area contributed by atoms with E-state index in [2.05, 4.69) is 10.1 Å². The molecule has 0 aliphatic rings. The minimum absolute atomic E-state index is 0.0242. The average Bonchev–Trinajstić information content (AvgIpc) is 3.14. The van der Waals surface area contributed by atoms with Crippen LogP contribution in [-0.2, 0) is 6.54 Å². The van der Waals surface area contributed by atoms with Crippen LogP contribution in [-0.4, -0.2) is 14.8 Å². The second-order valence-corrected chi connectivity index (χ2v) is 6.62. The Labute approximate surface area is 169 Å². The van der Waals surface area contributed by atoms with Crippen molar-refractivity contribution in [2.24, 2.45) is 0 Å². The summed E-state index contributed by atoms with van der Waals surface area (Å²) in [6.45, 7) is 2.28. The van der Waals surface area contributed by atoms with Crippen molar-refractivity contribution in [3.8, 4) is 33.5 Å². The van der Waals surface area contributed by atoms with E-state index < -0.39 is 28.8 Å². The van der Waals surface area contributed by atoms with Crippen molar-refractivity contribution in [2.75, 3.05) is 5.73 Å². The Balaban J connectivity index is 1.98. The van der Waals surface area contributed by atoms with Crippen LogP contribution >= 0.6 is 0 Å². The number of aryl methyl sites for hydroxylation is 1. The fraction of sp³-hybridized carbons (Fsp3) is 0.0909. The van der Waals surface area contributed by atoms with E-state index in [1.165, 1.54) is 10.9 Å². The third-order valence-corrected chi connectivity index (χ3v) is 4.72. The molecule has 4 nitrogen and oxygen atoms in total. The molecule has 0 fully saturated rings. The summed E-state index contributed by atoms with van der Waals surface area (Å²) in [6.07, 6.45) is 3.11. The minimum Gasteiger partial charge on any atom is -0.384 e. The first-order chi connectivity index (χ1) is 14.4. The van der Waals surface area contributed by atoms with Gasteiger partial charge >= 0.3 is 0 Å². The van der Waals surface area contributed by atoms with Gasteiger partial charge < -0.3 is 5.73 Å². The molecule has 0 saturated heterocycles. The molecule has 0 bridgehead atoms. The number of nitrogen functional groups attached to an aromatic ring is 1. The zero-order valence-electron chi connectivity index (χ0n) is 15.8. The van der Waals surface area contributed by atoms with E-state index >= 15 is 4.39 Å². The van der Waals surface area contributed by atoms with Crippen molar-refractivity contribution in [2.45, 2.75) is 13.5 Å². The number of nitrogens with zero attached hydrogens (tertiary/aromatic N) is 3. The lowest BCUT2D eigenvalue weighted by atomic mass is 9.96. The molecule has 4 aromatic rings. The summed E-state index contributed by atoms with van der Waals surface area (Å²) >= 11 is 0. The predicted octanol–water partition coefficient (Wildman–Crippen LogP) is 5.44. The highest BCUT2D eigenvalue weighted by Gasteiger charge is 2.24. The van der Waals surface area contributed by atoms with Crippen LogP contribution < -0.4 is 5.73 Å². The van der Waals surface area contributed by atoms with Gasteiger partial charge in [0.25, 0.3) is 0 Å². The quantitative estimate of drug-likeness (QED) is 0.454. The molecule has 0 saturated carbocycles. The minimum atomic E-state index is -1.04. The van der Waals surface area contributed by atoms with E-state index in [0.717, 1.165) is 30.3 Å². The maximum Gasteiger partial charge on any atom is 0.143 e. The highest BCUT2D eigenvalue weighted by atomic mass is 19.1. The number of halogens is 4. The molecule has 2 heterocycles. The lowest BCUT2D eigenvalue weighted by Crippen LogP contribution is -1.99. The molecule has 152 valence electrons. The summed E-state index contributed by atoms with van der Waals surface area (Å²) in [4.78, 5) is 3.93. The van der Waals surface area contributed by atoms with Gasteiger partial charge in [0.15, 0.2) is 0 Å². The van der Waals surface area contributed by atoms with Gasteiger partial charge in [0.1, 0.15) is 34.8 Å².